The summed E-state index contributed by atoms with van der Waals surface area (Å²) in [5.74, 6) is 0.209. The maximum absolute atomic E-state index is 11.9. The molecule has 18 heavy (non-hydrogen) atoms. The Balaban J connectivity index is 2.48. The number of hydrogen-bond acceptors (Lipinski definition) is 4. The lowest BCUT2D eigenvalue weighted by atomic mass is 10.2. The molecule has 0 bridgehead atoms. The van der Waals surface area contributed by atoms with E-state index < -0.39 is 0 Å². The minimum Gasteiger partial charge on any atom is -0.409 e. The average Bonchev–Trinajstić information content (AvgIpc) is 2.44. The van der Waals surface area contributed by atoms with Crippen LogP contribution in [0.1, 0.15) is 13.8 Å². The summed E-state index contributed by atoms with van der Waals surface area (Å²) in [7, 11) is 1.80. The second kappa shape index (κ2) is 6.44. The van der Waals surface area contributed by atoms with Gasteiger partial charge in [-0.1, -0.05) is 5.16 Å². The van der Waals surface area contributed by atoms with Crippen molar-refractivity contribution in [2.75, 3.05) is 39.8 Å². The summed E-state index contributed by atoms with van der Waals surface area (Å²) in [6, 6.07) is -0.0373. The summed E-state index contributed by atoms with van der Waals surface area (Å²) in [6.45, 7) is 7.37. The molecule has 1 fully saturated rings. The topological polar surface area (TPSA) is 85.4 Å². The van der Waals surface area contributed by atoms with Crippen LogP contribution in [0.5, 0.6) is 0 Å². The number of rotatable bonds is 3. The van der Waals surface area contributed by atoms with Crippen LogP contribution in [0.15, 0.2) is 5.16 Å². The number of hydrogen-bond donors (Lipinski definition) is 2. The number of urea groups is 1. The van der Waals surface area contributed by atoms with Gasteiger partial charge in [0.15, 0.2) is 5.84 Å². The first-order valence-corrected chi connectivity index (χ1v) is 6.22. The van der Waals surface area contributed by atoms with Crippen LogP contribution in [0.4, 0.5) is 4.79 Å². The van der Waals surface area contributed by atoms with Crippen molar-refractivity contribution in [3.63, 3.8) is 0 Å². The van der Waals surface area contributed by atoms with Crippen molar-refractivity contribution in [1.29, 1.82) is 0 Å². The van der Waals surface area contributed by atoms with Crippen molar-refractivity contribution in [3.05, 3.63) is 0 Å². The predicted octanol–water partition coefficient (Wildman–Crippen LogP) is -0.189. The molecule has 1 aliphatic heterocycles. The first-order valence-electron chi connectivity index (χ1n) is 6.22. The molecular weight excluding hydrogens is 234 g/mol. The minimum absolute atomic E-state index is 0.0635. The van der Waals surface area contributed by atoms with Crippen LogP contribution in [-0.2, 0) is 0 Å². The van der Waals surface area contributed by atoms with Crippen molar-refractivity contribution in [3.8, 4) is 0 Å². The summed E-state index contributed by atoms with van der Waals surface area (Å²) in [5.41, 5.74) is 5.58. The van der Waals surface area contributed by atoms with Gasteiger partial charge in [0.2, 0.25) is 0 Å². The van der Waals surface area contributed by atoms with Gasteiger partial charge in [-0.3, -0.25) is 4.90 Å². The van der Waals surface area contributed by atoms with E-state index in [2.05, 4.69) is 10.1 Å². The Morgan fingerprint density at radius 2 is 2.00 bits per heavy atom. The molecule has 0 aliphatic carbocycles. The van der Waals surface area contributed by atoms with E-state index in [-0.39, 0.29) is 17.9 Å². The van der Waals surface area contributed by atoms with E-state index >= 15 is 0 Å². The van der Waals surface area contributed by atoms with Gasteiger partial charge >= 0.3 is 6.03 Å². The van der Waals surface area contributed by atoms with Crippen LogP contribution in [-0.4, -0.2) is 77.6 Å². The molecule has 0 aromatic carbocycles. The van der Waals surface area contributed by atoms with E-state index in [1.165, 1.54) is 0 Å². The molecule has 104 valence electrons. The highest BCUT2D eigenvalue weighted by Gasteiger charge is 2.26. The number of amides is 2. The summed E-state index contributed by atoms with van der Waals surface area (Å²) in [6.07, 6.45) is 0. The molecule has 0 aromatic heterocycles. The number of carbonyl (C=O) groups is 1. The highest BCUT2D eigenvalue weighted by molar-refractivity contribution is 5.84. The van der Waals surface area contributed by atoms with Crippen molar-refractivity contribution in [2.45, 2.75) is 19.9 Å². The van der Waals surface area contributed by atoms with Gasteiger partial charge in [0.25, 0.3) is 0 Å². The van der Waals surface area contributed by atoms with Crippen LogP contribution in [0.2, 0.25) is 0 Å². The lowest BCUT2D eigenvalue weighted by molar-refractivity contribution is 0.112. The van der Waals surface area contributed by atoms with Gasteiger partial charge in [-0.25, -0.2) is 4.79 Å². The first-order chi connectivity index (χ1) is 8.51. The molecule has 1 aliphatic rings. The number of amidine groups is 1. The lowest BCUT2D eigenvalue weighted by Crippen LogP contribution is -2.56. The molecule has 1 saturated heterocycles. The average molecular weight is 257 g/mol. The number of piperazine rings is 1. The smallest absolute Gasteiger partial charge is 0.319 e. The van der Waals surface area contributed by atoms with Gasteiger partial charge in [0.1, 0.15) is 0 Å². The van der Waals surface area contributed by atoms with E-state index in [0.29, 0.717) is 19.6 Å². The van der Waals surface area contributed by atoms with Gasteiger partial charge in [-0.05, 0) is 13.8 Å². The van der Waals surface area contributed by atoms with Gasteiger partial charge < -0.3 is 20.7 Å². The molecule has 7 nitrogen and oxygen atoms in total. The molecule has 1 rings (SSSR count). The van der Waals surface area contributed by atoms with Gasteiger partial charge in [0, 0.05) is 39.8 Å². The number of carbonyl (C=O) groups excluding carboxylic acids is 1. The molecular formula is C11H23N5O2. The predicted molar refractivity (Wildman–Crippen MR) is 69.7 cm³/mol. The fourth-order valence-corrected chi connectivity index (χ4v) is 1.95. The van der Waals surface area contributed by atoms with E-state index in [4.69, 9.17) is 10.9 Å². The third-order valence-corrected chi connectivity index (χ3v) is 3.48. The Labute approximate surface area is 108 Å². The zero-order valence-corrected chi connectivity index (χ0v) is 11.3. The lowest BCUT2D eigenvalue weighted by Gasteiger charge is -2.38. The second-order valence-electron chi connectivity index (χ2n) is 4.52. The molecule has 0 saturated carbocycles. The van der Waals surface area contributed by atoms with Crippen molar-refractivity contribution in [2.24, 2.45) is 10.9 Å². The van der Waals surface area contributed by atoms with Crippen LogP contribution >= 0.6 is 0 Å². The molecule has 1 atom stereocenters. The Kier molecular flexibility index (Phi) is 5.21. The van der Waals surface area contributed by atoms with Gasteiger partial charge in [0.05, 0.1) is 6.04 Å². The maximum atomic E-state index is 11.9. The maximum Gasteiger partial charge on any atom is 0.319 e. The third kappa shape index (κ3) is 3.25. The Bertz CT molecular complexity index is 313. The molecule has 1 heterocycles. The molecule has 7 heteroatoms. The van der Waals surface area contributed by atoms with Crippen LogP contribution in [0, 0.1) is 0 Å². The monoisotopic (exact) mass is 257 g/mol. The zero-order valence-electron chi connectivity index (χ0n) is 11.3. The molecule has 0 radical (unpaired) electrons. The minimum atomic E-state index is -0.101. The number of nitrogens with zero attached hydrogens (tertiary/aromatic N) is 4. The van der Waals surface area contributed by atoms with Crippen LogP contribution in [0.3, 0.4) is 0 Å². The second-order valence-corrected chi connectivity index (χ2v) is 4.52. The van der Waals surface area contributed by atoms with E-state index in [9.17, 15) is 4.79 Å². The van der Waals surface area contributed by atoms with E-state index in [1.807, 2.05) is 18.7 Å². The Morgan fingerprint density at radius 1 is 1.44 bits per heavy atom. The normalized spacial score (nSPS) is 19.7. The quantitative estimate of drug-likeness (QED) is 0.318. The van der Waals surface area contributed by atoms with Crippen LogP contribution in [0.25, 0.3) is 0 Å². The Morgan fingerprint density at radius 3 is 2.44 bits per heavy atom. The van der Waals surface area contributed by atoms with Gasteiger partial charge in [-0.15, -0.1) is 0 Å². The largest absolute Gasteiger partial charge is 0.409 e. The fraction of sp³-hybridized carbons (Fsp3) is 0.818. The number of nitrogens with two attached hydrogens (primary N) is 1. The molecule has 0 aromatic rings. The standard InChI is InChI=1S/C11H23N5O2/c1-4-14(3)11(17)16-7-5-15(6-8-16)9(2)10(12)13-18/h9,18H,4-8H2,1-3H3,(H2,12,13). The van der Waals surface area contributed by atoms with Crippen molar-refractivity contribution in [1.82, 2.24) is 14.7 Å². The van der Waals surface area contributed by atoms with Crippen LogP contribution < -0.4 is 5.73 Å². The van der Waals surface area contributed by atoms with Crippen molar-refractivity contribution >= 4 is 11.9 Å². The molecule has 2 amide bonds. The Hall–Kier alpha value is -1.50. The molecule has 0 spiro atoms. The van der Waals surface area contributed by atoms with Crippen molar-refractivity contribution < 1.29 is 10.0 Å². The summed E-state index contributed by atoms with van der Waals surface area (Å²) >= 11 is 0. The van der Waals surface area contributed by atoms with E-state index in [1.54, 1.807) is 11.9 Å². The third-order valence-electron chi connectivity index (χ3n) is 3.48. The van der Waals surface area contributed by atoms with E-state index in [0.717, 1.165) is 13.1 Å². The fourth-order valence-electron chi connectivity index (χ4n) is 1.95. The first kappa shape index (κ1) is 14.6. The molecule has 3 N–H and O–H groups in total. The highest BCUT2D eigenvalue weighted by Crippen LogP contribution is 2.08. The SMILES string of the molecule is CCN(C)C(=O)N1CCN(C(C)C(N)=NO)CC1. The highest BCUT2D eigenvalue weighted by atomic mass is 16.4. The zero-order chi connectivity index (χ0) is 13.7. The van der Waals surface area contributed by atoms with Gasteiger partial charge in [-0.2, -0.15) is 0 Å². The molecule has 1 unspecified atom stereocenters. The summed E-state index contributed by atoms with van der Waals surface area (Å²) in [4.78, 5) is 17.6. The number of oxime groups is 1. The summed E-state index contributed by atoms with van der Waals surface area (Å²) < 4.78 is 0. The summed E-state index contributed by atoms with van der Waals surface area (Å²) in [5, 5.41) is 11.7.